The number of likely N-dealkylation sites (N-methyl/N-ethyl adjacent to an activating group) is 1. The summed E-state index contributed by atoms with van der Waals surface area (Å²) < 4.78 is 5.17. The molecule has 1 aliphatic heterocycles. The van der Waals surface area contributed by atoms with Crippen molar-refractivity contribution in [3.8, 4) is 0 Å². The van der Waals surface area contributed by atoms with Gasteiger partial charge in [-0.2, -0.15) is 4.98 Å². The van der Waals surface area contributed by atoms with Crippen LogP contribution in [0.5, 0.6) is 0 Å². The summed E-state index contributed by atoms with van der Waals surface area (Å²) in [5.74, 6) is 0.272. The summed E-state index contributed by atoms with van der Waals surface area (Å²) in [6, 6.07) is 0.464. The largest absolute Gasteiger partial charge is 0.481 e. The highest BCUT2D eigenvalue weighted by Gasteiger charge is 2.21. The summed E-state index contributed by atoms with van der Waals surface area (Å²) in [6.45, 7) is 1.12. The van der Waals surface area contributed by atoms with Crippen molar-refractivity contribution in [3.05, 3.63) is 11.7 Å². The van der Waals surface area contributed by atoms with E-state index >= 15 is 0 Å². The first-order valence-electron chi connectivity index (χ1n) is 6.38. The summed E-state index contributed by atoms with van der Waals surface area (Å²) in [6.07, 6.45) is 4.79. The van der Waals surface area contributed by atoms with Crippen LogP contribution in [-0.4, -0.2) is 45.8 Å². The highest BCUT2D eigenvalue weighted by Crippen LogP contribution is 2.18. The van der Waals surface area contributed by atoms with Crippen LogP contribution in [0.3, 0.4) is 0 Å². The lowest BCUT2D eigenvalue weighted by Gasteiger charge is -2.31. The fraction of sp³-hybridized carbons (Fsp3) is 0.750. The van der Waals surface area contributed by atoms with Gasteiger partial charge >= 0.3 is 5.97 Å². The third kappa shape index (κ3) is 3.53. The fourth-order valence-corrected chi connectivity index (χ4v) is 2.30. The zero-order chi connectivity index (χ0) is 13.0. The highest BCUT2D eigenvalue weighted by molar-refractivity contribution is 5.66. The number of aryl methyl sites for hydroxylation is 1. The van der Waals surface area contributed by atoms with Crippen LogP contribution in [0.2, 0.25) is 0 Å². The molecule has 0 aromatic carbocycles. The van der Waals surface area contributed by atoms with Crippen LogP contribution >= 0.6 is 0 Å². The van der Waals surface area contributed by atoms with Gasteiger partial charge in [-0.05, 0) is 26.4 Å². The Labute approximate surface area is 106 Å². The third-order valence-electron chi connectivity index (χ3n) is 3.40. The van der Waals surface area contributed by atoms with Gasteiger partial charge in [0.15, 0.2) is 5.82 Å². The average Bonchev–Trinajstić information content (AvgIpc) is 2.77. The van der Waals surface area contributed by atoms with E-state index < -0.39 is 5.97 Å². The molecular weight excluding hydrogens is 234 g/mol. The first-order valence-corrected chi connectivity index (χ1v) is 6.38. The maximum atomic E-state index is 10.4. The smallest absolute Gasteiger partial charge is 0.303 e. The Balaban J connectivity index is 1.87. The molecule has 18 heavy (non-hydrogen) atoms. The molecule has 0 radical (unpaired) electrons. The van der Waals surface area contributed by atoms with E-state index in [-0.39, 0.29) is 6.42 Å². The zero-order valence-electron chi connectivity index (χ0n) is 10.6. The Morgan fingerprint density at radius 3 is 3.11 bits per heavy atom. The molecule has 1 aliphatic rings. The van der Waals surface area contributed by atoms with E-state index in [1.807, 2.05) is 0 Å². The number of hydrogen-bond donors (Lipinski definition) is 1. The summed E-state index contributed by atoms with van der Waals surface area (Å²) in [7, 11) is 2.12. The average molecular weight is 253 g/mol. The standard InChI is InChI=1S/C12H19N3O3/c1-15-7-3-2-4-9(15)8-11-13-10(14-18-11)5-6-12(16)17/h9H,2-8H2,1H3,(H,16,17). The number of piperidine rings is 1. The molecule has 1 atom stereocenters. The maximum absolute atomic E-state index is 10.4. The van der Waals surface area contributed by atoms with Crippen molar-refractivity contribution in [1.82, 2.24) is 15.0 Å². The molecule has 0 saturated carbocycles. The van der Waals surface area contributed by atoms with E-state index in [2.05, 4.69) is 22.1 Å². The third-order valence-corrected chi connectivity index (χ3v) is 3.40. The molecule has 1 fully saturated rings. The molecule has 0 spiro atoms. The van der Waals surface area contributed by atoms with Crippen LogP contribution < -0.4 is 0 Å². The highest BCUT2D eigenvalue weighted by atomic mass is 16.5. The van der Waals surface area contributed by atoms with Gasteiger partial charge < -0.3 is 14.5 Å². The Hall–Kier alpha value is -1.43. The van der Waals surface area contributed by atoms with Crippen molar-refractivity contribution in [2.75, 3.05) is 13.6 Å². The number of carbonyl (C=O) groups is 1. The quantitative estimate of drug-likeness (QED) is 0.847. The number of hydrogen-bond acceptors (Lipinski definition) is 5. The lowest BCUT2D eigenvalue weighted by atomic mass is 10.0. The van der Waals surface area contributed by atoms with Gasteiger partial charge in [0.1, 0.15) is 0 Å². The van der Waals surface area contributed by atoms with E-state index in [1.54, 1.807) is 0 Å². The Bertz CT molecular complexity index is 405. The van der Waals surface area contributed by atoms with Gasteiger partial charge in [0, 0.05) is 18.9 Å². The molecule has 0 amide bonds. The second-order valence-electron chi connectivity index (χ2n) is 4.83. The van der Waals surface area contributed by atoms with Gasteiger partial charge in [-0.25, -0.2) is 0 Å². The number of aliphatic carboxylic acids is 1. The minimum atomic E-state index is -0.839. The lowest BCUT2D eigenvalue weighted by molar-refractivity contribution is -0.137. The number of carboxylic acid groups (broad SMARTS) is 1. The Morgan fingerprint density at radius 2 is 2.39 bits per heavy atom. The van der Waals surface area contributed by atoms with Gasteiger partial charge in [0.2, 0.25) is 5.89 Å². The van der Waals surface area contributed by atoms with Crippen molar-refractivity contribution >= 4 is 5.97 Å². The summed E-state index contributed by atoms with van der Waals surface area (Å²) in [4.78, 5) is 17.0. The molecule has 1 aromatic heterocycles. The van der Waals surface area contributed by atoms with Crippen molar-refractivity contribution in [1.29, 1.82) is 0 Å². The zero-order valence-corrected chi connectivity index (χ0v) is 10.6. The van der Waals surface area contributed by atoms with Crippen molar-refractivity contribution < 1.29 is 14.4 Å². The van der Waals surface area contributed by atoms with Crippen LogP contribution in [0.25, 0.3) is 0 Å². The number of rotatable bonds is 5. The summed E-state index contributed by atoms with van der Waals surface area (Å²) >= 11 is 0. The molecule has 100 valence electrons. The summed E-state index contributed by atoms with van der Waals surface area (Å²) in [5.41, 5.74) is 0. The second-order valence-corrected chi connectivity index (χ2v) is 4.83. The Morgan fingerprint density at radius 1 is 1.56 bits per heavy atom. The monoisotopic (exact) mass is 253 g/mol. The van der Waals surface area contributed by atoms with E-state index in [0.29, 0.717) is 24.2 Å². The van der Waals surface area contributed by atoms with Gasteiger partial charge in [-0.1, -0.05) is 11.6 Å². The molecule has 2 heterocycles. The van der Waals surface area contributed by atoms with Crippen molar-refractivity contribution in [2.24, 2.45) is 0 Å². The van der Waals surface area contributed by atoms with Crippen LogP contribution in [0.15, 0.2) is 4.52 Å². The van der Waals surface area contributed by atoms with Gasteiger partial charge in [0.25, 0.3) is 0 Å². The molecule has 1 N–H and O–H groups in total. The predicted octanol–water partition coefficient (Wildman–Crippen LogP) is 1.11. The first-order chi connectivity index (χ1) is 8.65. The van der Waals surface area contributed by atoms with Crippen LogP contribution in [0.1, 0.15) is 37.4 Å². The van der Waals surface area contributed by atoms with Crippen LogP contribution in [0.4, 0.5) is 0 Å². The van der Waals surface area contributed by atoms with E-state index in [9.17, 15) is 4.79 Å². The van der Waals surface area contributed by atoms with Gasteiger partial charge in [0.05, 0.1) is 6.42 Å². The molecule has 6 heteroatoms. The number of likely N-dealkylation sites (tertiary alicyclic amines) is 1. The fourth-order valence-electron chi connectivity index (χ4n) is 2.30. The normalized spacial score (nSPS) is 21.1. The number of aromatic nitrogens is 2. The molecule has 1 saturated heterocycles. The molecule has 0 bridgehead atoms. The Kier molecular flexibility index (Phi) is 4.30. The molecule has 1 unspecified atom stereocenters. The van der Waals surface area contributed by atoms with Crippen LogP contribution in [0, 0.1) is 0 Å². The molecule has 6 nitrogen and oxygen atoms in total. The minimum Gasteiger partial charge on any atom is -0.481 e. The second kappa shape index (κ2) is 5.95. The number of carboxylic acids is 1. The summed E-state index contributed by atoms with van der Waals surface area (Å²) in [5, 5.41) is 12.4. The van der Waals surface area contributed by atoms with E-state index in [1.165, 1.54) is 12.8 Å². The van der Waals surface area contributed by atoms with Gasteiger partial charge in [-0.15, -0.1) is 0 Å². The first kappa shape index (κ1) is 13.0. The van der Waals surface area contributed by atoms with Gasteiger partial charge in [-0.3, -0.25) is 4.79 Å². The van der Waals surface area contributed by atoms with E-state index in [0.717, 1.165) is 19.4 Å². The van der Waals surface area contributed by atoms with Crippen molar-refractivity contribution in [2.45, 2.75) is 44.6 Å². The minimum absolute atomic E-state index is 0.0440. The predicted molar refractivity (Wildman–Crippen MR) is 64.2 cm³/mol. The van der Waals surface area contributed by atoms with E-state index in [4.69, 9.17) is 9.63 Å². The number of nitrogens with zero attached hydrogens (tertiary/aromatic N) is 3. The molecule has 1 aromatic rings. The van der Waals surface area contributed by atoms with Crippen LogP contribution in [-0.2, 0) is 17.6 Å². The maximum Gasteiger partial charge on any atom is 0.303 e. The SMILES string of the molecule is CN1CCCCC1Cc1nc(CCC(=O)O)no1. The lowest BCUT2D eigenvalue weighted by Crippen LogP contribution is -2.37. The topological polar surface area (TPSA) is 79.5 Å². The molecule has 0 aliphatic carbocycles. The molecule has 2 rings (SSSR count). The van der Waals surface area contributed by atoms with Crippen molar-refractivity contribution in [3.63, 3.8) is 0 Å². The molecular formula is C12H19N3O3.